The molecule has 0 aliphatic carbocycles. The van der Waals surface area contributed by atoms with Crippen molar-refractivity contribution in [1.29, 1.82) is 0 Å². The molecule has 2 rings (SSSR count). The van der Waals surface area contributed by atoms with Gasteiger partial charge >= 0.3 is 0 Å². The Kier molecular flexibility index (Phi) is 4.77. The maximum Gasteiger partial charge on any atom is 0.269 e. The molecule has 2 aromatic carbocycles. The van der Waals surface area contributed by atoms with Crippen molar-refractivity contribution in [3.05, 3.63) is 66.5 Å². The summed E-state index contributed by atoms with van der Waals surface area (Å²) in [7, 11) is 0. The molecule has 0 aliphatic rings. The summed E-state index contributed by atoms with van der Waals surface area (Å²) in [5.74, 6) is -0.312. The highest BCUT2D eigenvalue weighted by Gasteiger charge is 2.10. The molecule has 0 saturated heterocycles. The van der Waals surface area contributed by atoms with Crippen LogP contribution in [-0.2, 0) is 6.54 Å². The molecule has 0 aliphatic heterocycles. The van der Waals surface area contributed by atoms with Crippen LogP contribution in [0.5, 0.6) is 0 Å². The quantitative estimate of drug-likeness (QED) is 0.458. The third kappa shape index (κ3) is 3.57. The normalized spacial score (nSPS) is 10.3. The first-order valence-electron chi connectivity index (χ1n) is 5.59. The van der Waals surface area contributed by atoms with Gasteiger partial charge in [0.25, 0.3) is 5.69 Å². The smallest absolute Gasteiger partial charge is 0.269 e. The number of nitrogens with zero attached hydrogens (tertiary/aromatic N) is 1. The van der Waals surface area contributed by atoms with E-state index in [0.29, 0.717) is 17.1 Å². The SMILES string of the molecule is O=[N+]([O-])c1ccc(Cl)c(CNc2ccc(F)cc2I)c1. The van der Waals surface area contributed by atoms with E-state index in [1.807, 2.05) is 22.6 Å². The Labute approximate surface area is 133 Å². The molecule has 0 atom stereocenters. The molecule has 0 saturated carbocycles. The zero-order chi connectivity index (χ0) is 14.7. The van der Waals surface area contributed by atoms with Crippen LogP contribution in [0.2, 0.25) is 5.02 Å². The largest absolute Gasteiger partial charge is 0.380 e. The lowest BCUT2D eigenvalue weighted by atomic mass is 10.2. The van der Waals surface area contributed by atoms with E-state index in [1.165, 1.54) is 30.3 Å². The van der Waals surface area contributed by atoms with Crippen molar-refractivity contribution in [2.24, 2.45) is 0 Å². The Morgan fingerprint density at radius 2 is 2.05 bits per heavy atom. The summed E-state index contributed by atoms with van der Waals surface area (Å²) in [5, 5.41) is 14.3. The van der Waals surface area contributed by atoms with E-state index in [4.69, 9.17) is 11.6 Å². The number of benzene rings is 2. The van der Waals surface area contributed by atoms with E-state index in [0.717, 1.165) is 9.26 Å². The number of hydrogen-bond donors (Lipinski definition) is 1. The molecule has 20 heavy (non-hydrogen) atoms. The average Bonchev–Trinajstić information content (AvgIpc) is 2.39. The van der Waals surface area contributed by atoms with E-state index in [1.54, 1.807) is 6.07 Å². The fourth-order valence-corrected chi connectivity index (χ4v) is 2.49. The van der Waals surface area contributed by atoms with E-state index in [9.17, 15) is 14.5 Å². The lowest BCUT2D eigenvalue weighted by Crippen LogP contribution is -2.02. The van der Waals surface area contributed by atoms with E-state index < -0.39 is 4.92 Å². The summed E-state index contributed by atoms with van der Waals surface area (Å²) in [5.41, 5.74) is 1.34. The van der Waals surface area contributed by atoms with Gasteiger partial charge in [-0.05, 0) is 52.4 Å². The maximum atomic E-state index is 13.0. The molecule has 0 bridgehead atoms. The van der Waals surface area contributed by atoms with Crippen molar-refractivity contribution in [2.45, 2.75) is 6.54 Å². The van der Waals surface area contributed by atoms with Crippen molar-refractivity contribution in [3.63, 3.8) is 0 Å². The molecule has 0 fully saturated rings. The van der Waals surface area contributed by atoms with Gasteiger partial charge in [0, 0.05) is 33.0 Å². The fraction of sp³-hybridized carbons (Fsp3) is 0.0769. The van der Waals surface area contributed by atoms with Crippen LogP contribution in [0, 0.1) is 19.5 Å². The van der Waals surface area contributed by atoms with Gasteiger partial charge in [0.15, 0.2) is 0 Å². The molecule has 0 aromatic heterocycles. The van der Waals surface area contributed by atoms with Gasteiger partial charge in [-0.25, -0.2) is 4.39 Å². The lowest BCUT2D eigenvalue weighted by Gasteiger charge is -2.10. The molecule has 104 valence electrons. The number of anilines is 1. The third-order valence-electron chi connectivity index (χ3n) is 2.64. The fourth-order valence-electron chi connectivity index (χ4n) is 1.63. The Morgan fingerprint density at radius 3 is 2.70 bits per heavy atom. The predicted octanol–water partition coefficient (Wildman–Crippen LogP) is 4.60. The molecule has 4 nitrogen and oxygen atoms in total. The van der Waals surface area contributed by atoms with Gasteiger partial charge in [0.2, 0.25) is 0 Å². The molecule has 2 aromatic rings. The van der Waals surface area contributed by atoms with Crippen LogP contribution < -0.4 is 5.32 Å². The van der Waals surface area contributed by atoms with Crippen LogP contribution in [-0.4, -0.2) is 4.92 Å². The van der Waals surface area contributed by atoms with Gasteiger partial charge < -0.3 is 5.32 Å². The summed E-state index contributed by atoms with van der Waals surface area (Å²) >= 11 is 8.02. The van der Waals surface area contributed by atoms with Crippen molar-refractivity contribution in [3.8, 4) is 0 Å². The van der Waals surface area contributed by atoms with Gasteiger partial charge in [-0.3, -0.25) is 10.1 Å². The summed E-state index contributed by atoms with van der Waals surface area (Å²) in [6.45, 7) is 0.322. The van der Waals surface area contributed by atoms with Gasteiger partial charge in [-0.15, -0.1) is 0 Å². The van der Waals surface area contributed by atoms with Crippen LogP contribution in [0.1, 0.15) is 5.56 Å². The van der Waals surface area contributed by atoms with Gasteiger partial charge in [-0.1, -0.05) is 11.6 Å². The van der Waals surface area contributed by atoms with Crippen molar-refractivity contribution in [1.82, 2.24) is 0 Å². The lowest BCUT2D eigenvalue weighted by molar-refractivity contribution is -0.384. The Bertz CT molecular complexity index is 667. The number of halogens is 3. The zero-order valence-corrected chi connectivity index (χ0v) is 13.0. The number of non-ortho nitro benzene ring substituents is 1. The molecule has 0 unspecified atom stereocenters. The van der Waals surface area contributed by atoms with Gasteiger partial charge in [0.05, 0.1) is 4.92 Å². The number of rotatable bonds is 4. The van der Waals surface area contributed by atoms with Crippen LogP contribution in [0.25, 0.3) is 0 Å². The third-order valence-corrected chi connectivity index (χ3v) is 3.90. The van der Waals surface area contributed by atoms with Crippen molar-refractivity contribution in [2.75, 3.05) is 5.32 Å². The minimum absolute atomic E-state index is 0.0139. The van der Waals surface area contributed by atoms with Crippen LogP contribution in [0.15, 0.2) is 36.4 Å². The van der Waals surface area contributed by atoms with Gasteiger partial charge in [-0.2, -0.15) is 0 Å². The summed E-state index contributed by atoms with van der Waals surface area (Å²) in [6, 6.07) is 8.63. The second-order valence-corrected chi connectivity index (χ2v) is 5.58. The molecule has 0 amide bonds. The molecule has 0 spiro atoms. The molecule has 0 radical (unpaired) electrons. The summed E-state index contributed by atoms with van der Waals surface area (Å²) in [6.07, 6.45) is 0. The first-order chi connectivity index (χ1) is 9.47. The summed E-state index contributed by atoms with van der Waals surface area (Å²) in [4.78, 5) is 10.3. The zero-order valence-electron chi connectivity index (χ0n) is 10.1. The van der Waals surface area contributed by atoms with Crippen molar-refractivity contribution < 1.29 is 9.31 Å². The molecule has 0 heterocycles. The topological polar surface area (TPSA) is 55.2 Å². The number of nitro groups is 1. The first kappa shape index (κ1) is 15.0. The van der Waals surface area contributed by atoms with Crippen LogP contribution >= 0.6 is 34.2 Å². The standard InChI is InChI=1S/C13H9ClFIN2O2/c14-11-3-2-10(18(19)20)5-8(11)7-17-13-4-1-9(15)6-12(13)16/h1-6,17H,7H2. The van der Waals surface area contributed by atoms with Crippen molar-refractivity contribution >= 4 is 45.6 Å². The summed E-state index contributed by atoms with van der Waals surface area (Å²) < 4.78 is 13.7. The molecule has 7 heteroatoms. The van der Waals surface area contributed by atoms with Crippen LogP contribution in [0.4, 0.5) is 15.8 Å². The molecular weight excluding hydrogens is 398 g/mol. The highest BCUT2D eigenvalue weighted by atomic mass is 127. The van der Waals surface area contributed by atoms with Crippen LogP contribution in [0.3, 0.4) is 0 Å². The maximum absolute atomic E-state index is 13.0. The Hall–Kier alpha value is -1.41. The number of nitro benzene ring substituents is 1. The minimum atomic E-state index is -0.471. The molecular formula is C13H9ClFIN2O2. The van der Waals surface area contributed by atoms with Gasteiger partial charge in [0.1, 0.15) is 5.82 Å². The van der Waals surface area contributed by atoms with E-state index in [-0.39, 0.29) is 11.5 Å². The number of hydrogen-bond acceptors (Lipinski definition) is 3. The van der Waals surface area contributed by atoms with E-state index in [2.05, 4.69) is 5.32 Å². The highest BCUT2D eigenvalue weighted by molar-refractivity contribution is 14.1. The second-order valence-electron chi connectivity index (χ2n) is 4.01. The Morgan fingerprint density at radius 1 is 1.30 bits per heavy atom. The minimum Gasteiger partial charge on any atom is -0.380 e. The highest BCUT2D eigenvalue weighted by Crippen LogP contribution is 2.24. The predicted molar refractivity (Wildman–Crippen MR) is 84.6 cm³/mol. The second kappa shape index (κ2) is 6.36. The Balaban J connectivity index is 2.18. The molecule has 1 N–H and O–H groups in total. The average molecular weight is 407 g/mol. The monoisotopic (exact) mass is 406 g/mol. The first-order valence-corrected chi connectivity index (χ1v) is 7.05. The van der Waals surface area contributed by atoms with E-state index >= 15 is 0 Å². The number of nitrogens with one attached hydrogen (secondary N) is 1.